The Kier molecular flexibility index (Phi) is 14.4. The molecule has 1 aromatic carbocycles. The third-order valence-electron chi connectivity index (χ3n) is 5.72. The van der Waals surface area contributed by atoms with E-state index in [4.69, 9.17) is 9.47 Å². The van der Waals surface area contributed by atoms with Crippen molar-refractivity contribution in [3.63, 3.8) is 0 Å². The molecule has 0 amide bonds. The maximum Gasteiger partial charge on any atom is 0.333 e. The van der Waals surface area contributed by atoms with E-state index in [9.17, 15) is 9.59 Å². The van der Waals surface area contributed by atoms with Gasteiger partial charge in [0.05, 0.1) is 27.2 Å². The summed E-state index contributed by atoms with van der Waals surface area (Å²) in [4.78, 5) is 22.1. The van der Waals surface area contributed by atoms with E-state index in [1.807, 2.05) is 12.1 Å². The Hall–Kier alpha value is -2.14. The zero-order chi connectivity index (χ0) is 23.7. The number of ether oxygens (including phenoxy) is 2. The van der Waals surface area contributed by atoms with Gasteiger partial charge in [-0.25, -0.2) is 4.79 Å². The summed E-state index contributed by atoms with van der Waals surface area (Å²) in [6.07, 6.45) is 13.5. The third kappa shape index (κ3) is 14.0. The van der Waals surface area contributed by atoms with Crippen molar-refractivity contribution >= 4 is 12.3 Å². The van der Waals surface area contributed by atoms with Gasteiger partial charge in [-0.05, 0) is 50.5 Å². The lowest BCUT2D eigenvalue weighted by atomic mass is 10.1. The van der Waals surface area contributed by atoms with E-state index >= 15 is 0 Å². The van der Waals surface area contributed by atoms with Crippen LogP contribution in [-0.4, -0.2) is 57.1 Å². The molecule has 5 heteroatoms. The first kappa shape index (κ1) is 27.9. The summed E-state index contributed by atoms with van der Waals surface area (Å²) in [6.45, 7) is 8.45. The first-order valence-electron chi connectivity index (χ1n) is 12.2. The SMILES string of the molecule is C=C(C)C(=O)OCC[N+](C)(C)CCCCCCCCCCCCOc1ccc(C=O)cc1. The van der Waals surface area contributed by atoms with Gasteiger partial charge in [0, 0.05) is 11.1 Å². The lowest BCUT2D eigenvalue weighted by molar-refractivity contribution is -0.890. The van der Waals surface area contributed by atoms with Crippen LogP contribution in [0.2, 0.25) is 0 Å². The number of benzene rings is 1. The number of quaternary nitrogens is 1. The highest BCUT2D eigenvalue weighted by atomic mass is 16.5. The van der Waals surface area contributed by atoms with E-state index in [0.717, 1.165) is 42.6 Å². The fourth-order valence-electron chi connectivity index (χ4n) is 3.51. The minimum absolute atomic E-state index is 0.291. The molecule has 0 N–H and O–H groups in total. The van der Waals surface area contributed by atoms with Crippen molar-refractivity contribution in [3.05, 3.63) is 42.0 Å². The van der Waals surface area contributed by atoms with Gasteiger partial charge in [-0.15, -0.1) is 0 Å². The van der Waals surface area contributed by atoms with Gasteiger partial charge in [0.25, 0.3) is 0 Å². The lowest BCUT2D eigenvalue weighted by Gasteiger charge is -2.29. The fraction of sp³-hybridized carbons (Fsp3) is 0.630. The number of hydrogen-bond acceptors (Lipinski definition) is 4. The normalized spacial score (nSPS) is 11.2. The molecule has 0 aliphatic heterocycles. The van der Waals surface area contributed by atoms with E-state index in [1.54, 1.807) is 19.1 Å². The first-order valence-corrected chi connectivity index (χ1v) is 12.2. The Morgan fingerprint density at radius 2 is 1.38 bits per heavy atom. The molecule has 0 radical (unpaired) electrons. The average molecular weight is 447 g/mol. The summed E-state index contributed by atoms with van der Waals surface area (Å²) in [5.41, 5.74) is 1.14. The molecule has 0 spiro atoms. The van der Waals surface area contributed by atoms with Crippen LogP contribution in [0, 0.1) is 0 Å². The molecule has 0 atom stereocenters. The van der Waals surface area contributed by atoms with E-state index in [2.05, 4.69) is 20.7 Å². The second-order valence-corrected chi connectivity index (χ2v) is 9.37. The molecule has 0 aliphatic rings. The number of likely N-dealkylation sites (N-methyl/N-ethyl adjacent to an activating group) is 1. The van der Waals surface area contributed by atoms with Crippen molar-refractivity contribution < 1.29 is 23.5 Å². The highest BCUT2D eigenvalue weighted by molar-refractivity contribution is 5.86. The molecule has 0 bridgehead atoms. The molecule has 0 aromatic heterocycles. The van der Waals surface area contributed by atoms with Gasteiger partial charge in [-0.2, -0.15) is 0 Å². The Morgan fingerprint density at radius 3 is 1.91 bits per heavy atom. The summed E-state index contributed by atoms with van der Waals surface area (Å²) in [6, 6.07) is 7.27. The topological polar surface area (TPSA) is 52.6 Å². The Morgan fingerprint density at radius 1 is 0.844 bits per heavy atom. The van der Waals surface area contributed by atoms with Crippen molar-refractivity contribution in [1.82, 2.24) is 0 Å². The summed E-state index contributed by atoms with van der Waals surface area (Å²) in [7, 11) is 4.39. The molecule has 0 saturated carbocycles. The van der Waals surface area contributed by atoms with Crippen LogP contribution in [0.15, 0.2) is 36.4 Å². The maximum atomic E-state index is 11.4. The summed E-state index contributed by atoms with van der Waals surface area (Å²) in [5, 5.41) is 0. The van der Waals surface area contributed by atoms with Crippen LogP contribution in [0.1, 0.15) is 81.5 Å². The molecule has 1 rings (SSSR count). The van der Waals surface area contributed by atoms with Gasteiger partial charge in [-0.1, -0.05) is 51.5 Å². The van der Waals surface area contributed by atoms with Crippen molar-refractivity contribution in [2.24, 2.45) is 0 Å². The monoisotopic (exact) mass is 446 g/mol. The quantitative estimate of drug-likeness (QED) is 0.0863. The van der Waals surface area contributed by atoms with Crippen LogP contribution in [0.4, 0.5) is 0 Å². The summed E-state index contributed by atoms with van der Waals surface area (Å²) >= 11 is 0. The number of nitrogens with zero attached hydrogens (tertiary/aromatic N) is 1. The molecule has 180 valence electrons. The Labute approximate surface area is 195 Å². The van der Waals surface area contributed by atoms with Crippen molar-refractivity contribution in [1.29, 1.82) is 0 Å². The third-order valence-corrected chi connectivity index (χ3v) is 5.72. The molecule has 0 saturated heterocycles. The van der Waals surface area contributed by atoms with Gasteiger partial charge in [-0.3, -0.25) is 4.79 Å². The second-order valence-electron chi connectivity index (χ2n) is 9.37. The van der Waals surface area contributed by atoms with Gasteiger partial charge in [0.15, 0.2) is 0 Å². The number of rotatable bonds is 19. The van der Waals surface area contributed by atoms with Crippen LogP contribution in [0.5, 0.6) is 5.75 Å². The smallest absolute Gasteiger partial charge is 0.333 e. The van der Waals surface area contributed by atoms with Crippen molar-refractivity contribution in [3.8, 4) is 5.75 Å². The predicted octanol–water partition coefficient (Wildman–Crippen LogP) is 5.97. The molecule has 0 fully saturated rings. The summed E-state index contributed by atoms with van der Waals surface area (Å²) < 4.78 is 11.8. The largest absolute Gasteiger partial charge is 0.494 e. The zero-order valence-corrected chi connectivity index (χ0v) is 20.6. The van der Waals surface area contributed by atoms with Gasteiger partial charge >= 0.3 is 5.97 Å². The van der Waals surface area contributed by atoms with E-state index in [-0.39, 0.29) is 5.97 Å². The van der Waals surface area contributed by atoms with Crippen LogP contribution in [-0.2, 0) is 9.53 Å². The minimum atomic E-state index is -0.291. The van der Waals surface area contributed by atoms with Gasteiger partial charge < -0.3 is 14.0 Å². The Balaban J connectivity index is 1.88. The molecular weight excluding hydrogens is 402 g/mol. The fourth-order valence-corrected chi connectivity index (χ4v) is 3.51. The van der Waals surface area contributed by atoms with Crippen molar-refractivity contribution in [2.75, 3.05) is 40.4 Å². The molecule has 0 aliphatic carbocycles. The van der Waals surface area contributed by atoms with Crippen LogP contribution >= 0.6 is 0 Å². The number of hydrogen-bond donors (Lipinski definition) is 0. The molecule has 1 aromatic rings. The summed E-state index contributed by atoms with van der Waals surface area (Å²) in [5.74, 6) is 0.546. The van der Waals surface area contributed by atoms with E-state index < -0.39 is 0 Å². The first-order chi connectivity index (χ1) is 15.3. The molecule has 0 heterocycles. The number of esters is 1. The maximum absolute atomic E-state index is 11.4. The molecular formula is C27H44NO4+. The van der Waals surface area contributed by atoms with Crippen LogP contribution < -0.4 is 4.74 Å². The predicted molar refractivity (Wildman–Crippen MR) is 131 cm³/mol. The Bertz CT molecular complexity index is 667. The second kappa shape index (κ2) is 16.5. The number of carbonyl (C=O) groups is 2. The van der Waals surface area contributed by atoms with E-state index in [1.165, 1.54) is 57.8 Å². The van der Waals surface area contributed by atoms with Crippen molar-refractivity contribution in [2.45, 2.75) is 71.1 Å². The number of unbranched alkanes of at least 4 members (excludes halogenated alkanes) is 9. The van der Waals surface area contributed by atoms with Crippen LogP contribution in [0.25, 0.3) is 0 Å². The number of carbonyl (C=O) groups excluding carboxylic acids is 2. The molecule has 32 heavy (non-hydrogen) atoms. The van der Waals surface area contributed by atoms with Gasteiger partial charge in [0.2, 0.25) is 0 Å². The lowest BCUT2D eigenvalue weighted by Crippen LogP contribution is -2.43. The highest BCUT2D eigenvalue weighted by Crippen LogP contribution is 2.14. The van der Waals surface area contributed by atoms with E-state index in [0.29, 0.717) is 17.7 Å². The average Bonchev–Trinajstić information content (AvgIpc) is 2.77. The molecule has 5 nitrogen and oxygen atoms in total. The van der Waals surface area contributed by atoms with Gasteiger partial charge in [0.1, 0.15) is 25.2 Å². The number of aldehydes is 1. The molecule has 0 unspecified atom stereocenters. The van der Waals surface area contributed by atoms with Crippen LogP contribution in [0.3, 0.4) is 0 Å². The zero-order valence-electron chi connectivity index (χ0n) is 20.6. The highest BCUT2D eigenvalue weighted by Gasteiger charge is 2.15. The minimum Gasteiger partial charge on any atom is -0.494 e. The standard InChI is InChI=1S/C27H44NO4/c1-24(2)27(30)32-22-20-28(3,4)19-13-11-9-7-5-6-8-10-12-14-21-31-26-17-15-25(23-29)16-18-26/h15-18,23H,1,5-14,19-22H2,2-4H3/q+1.